The molecule has 0 radical (unpaired) electrons. The molecular weight excluding hydrogens is 492 g/mol. The molecule has 4 aromatic carbocycles. The van der Waals surface area contributed by atoms with E-state index in [-0.39, 0.29) is 17.7 Å². The van der Waals surface area contributed by atoms with E-state index in [1.54, 1.807) is 48.5 Å². The number of imidazole rings is 1. The summed E-state index contributed by atoms with van der Waals surface area (Å²) in [7, 11) is 1.83. The number of carbonyl (C=O) groups is 3. The highest BCUT2D eigenvalue weighted by Crippen LogP contribution is 2.25. The van der Waals surface area contributed by atoms with Crippen molar-refractivity contribution in [1.82, 2.24) is 9.97 Å². The molecule has 0 aliphatic heterocycles. The highest BCUT2D eigenvalue weighted by molar-refractivity contribution is 6.06. The normalized spacial score (nSPS) is 10.6. The Hall–Kier alpha value is -5.44. The number of amides is 3. The van der Waals surface area contributed by atoms with E-state index in [2.05, 4.69) is 31.2 Å². The van der Waals surface area contributed by atoms with Gasteiger partial charge in [0, 0.05) is 53.4 Å². The fourth-order valence-electron chi connectivity index (χ4n) is 4.03. The van der Waals surface area contributed by atoms with Crippen LogP contribution in [0.15, 0.2) is 91.0 Å². The zero-order valence-corrected chi connectivity index (χ0v) is 21.3. The number of H-pyrrole nitrogens is 1. The lowest BCUT2D eigenvalue weighted by Gasteiger charge is -2.07. The van der Waals surface area contributed by atoms with Crippen molar-refractivity contribution in [2.75, 3.05) is 28.3 Å². The van der Waals surface area contributed by atoms with E-state index in [0.29, 0.717) is 39.5 Å². The van der Waals surface area contributed by atoms with Gasteiger partial charge in [-0.2, -0.15) is 0 Å². The second-order valence-electron chi connectivity index (χ2n) is 8.89. The van der Waals surface area contributed by atoms with Gasteiger partial charge in [-0.1, -0.05) is 0 Å². The van der Waals surface area contributed by atoms with Gasteiger partial charge in [0.25, 0.3) is 11.8 Å². The number of hydrogen-bond donors (Lipinski definition) is 5. The Morgan fingerprint density at radius 3 is 1.74 bits per heavy atom. The summed E-state index contributed by atoms with van der Waals surface area (Å²) in [4.78, 5) is 44.4. The molecule has 5 N–H and O–H groups in total. The zero-order valence-electron chi connectivity index (χ0n) is 21.3. The number of carbonyl (C=O) groups excluding carboxylic acids is 3. The van der Waals surface area contributed by atoms with E-state index in [9.17, 15) is 14.4 Å². The van der Waals surface area contributed by atoms with Crippen molar-refractivity contribution < 1.29 is 14.4 Å². The largest absolute Gasteiger partial charge is 0.388 e. The van der Waals surface area contributed by atoms with Crippen molar-refractivity contribution in [3.05, 3.63) is 102 Å². The molecule has 0 atom stereocenters. The second kappa shape index (κ2) is 10.9. The number of nitrogens with zero attached hydrogens (tertiary/aromatic N) is 1. The third kappa shape index (κ3) is 5.94. The molecule has 9 heteroatoms. The zero-order chi connectivity index (χ0) is 27.4. The predicted octanol–water partition coefficient (Wildman–Crippen LogP) is 5.73. The molecular formula is C30H26N6O3. The van der Waals surface area contributed by atoms with Gasteiger partial charge >= 0.3 is 0 Å². The lowest BCUT2D eigenvalue weighted by molar-refractivity contribution is -0.114. The molecule has 0 saturated carbocycles. The second-order valence-corrected chi connectivity index (χ2v) is 8.89. The van der Waals surface area contributed by atoms with Gasteiger partial charge in [0.1, 0.15) is 5.82 Å². The first kappa shape index (κ1) is 25.2. The van der Waals surface area contributed by atoms with Crippen LogP contribution in [0.25, 0.3) is 22.4 Å². The SMILES string of the molecule is CNc1ccc(C(=O)Nc2ccc(-c3nc4cc(NC(=O)c5ccc(NC(C)=O)cc5)ccc4[nH]3)cc2)cc1. The third-order valence-electron chi connectivity index (χ3n) is 6.06. The minimum absolute atomic E-state index is 0.173. The third-order valence-corrected chi connectivity index (χ3v) is 6.06. The Morgan fingerprint density at radius 1 is 0.641 bits per heavy atom. The smallest absolute Gasteiger partial charge is 0.255 e. The van der Waals surface area contributed by atoms with Gasteiger partial charge in [-0.15, -0.1) is 0 Å². The Morgan fingerprint density at radius 2 is 1.15 bits per heavy atom. The van der Waals surface area contributed by atoms with Gasteiger partial charge in [-0.3, -0.25) is 14.4 Å². The fourth-order valence-corrected chi connectivity index (χ4v) is 4.03. The maximum atomic E-state index is 12.7. The average Bonchev–Trinajstić information content (AvgIpc) is 3.37. The summed E-state index contributed by atoms with van der Waals surface area (Å²) >= 11 is 0. The van der Waals surface area contributed by atoms with Crippen molar-refractivity contribution in [1.29, 1.82) is 0 Å². The first-order valence-electron chi connectivity index (χ1n) is 12.3. The number of rotatable bonds is 7. The standard InChI is InChI=1S/C30H26N6O3/c1-18(37)32-23-13-7-21(8-14-23)30(39)34-25-15-16-26-27(17-25)36-28(35-26)19-3-11-24(12-4-19)33-29(38)20-5-9-22(31-2)10-6-20/h3-17,31H,1-2H3,(H,32,37)(H,33,38)(H,34,39)(H,35,36). The van der Waals surface area contributed by atoms with Crippen molar-refractivity contribution in [3.63, 3.8) is 0 Å². The minimum atomic E-state index is -0.268. The highest BCUT2D eigenvalue weighted by Gasteiger charge is 2.11. The molecule has 0 fully saturated rings. The summed E-state index contributed by atoms with van der Waals surface area (Å²) in [6.07, 6.45) is 0. The molecule has 9 nitrogen and oxygen atoms in total. The molecule has 0 spiro atoms. The van der Waals surface area contributed by atoms with Crippen LogP contribution < -0.4 is 21.3 Å². The Balaban J connectivity index is 1.25. The molecule has 0 aliphatic rings. The van der Waals surface area contributed by atoms with Gasteiger partial charge in [0.05, 0.1) is 11.0 Å². The number of aromatic nitrogens is 2. The number of fused-ring (bicyclic) bond motifs is 1. The van der Waals surface area contributed by atoms with Gasteiger partial charge in [-0.05, 0) is 91.0 Å². The molecule has 194 valence electrons. The van der Waals surface area contributed by atoms with Crippen LogP contribution >= 0.6 is 0 Å². The molecule has 5 rings (SSSR count). The molecule has 0 saturated heterocycles. The predicted molar refractivity (Wildman–Crippen MR) is 154 cm³/mol. The molecule has 1 aromatic heterocycles. The van der Waals surface area contributed by atoms with Crippen LogP contribution in [-0.2, 0) is 4.79 Å². The van der Waals surface area contributed by atoms with Gasteiger partial charge in [-0.25, -0.2) is 4.98 Å². The average molecular weight is 519 g/mol. The van der Waals surface area contributed by atoms with Crippen molar-refractivity contribution in [2.24, 2.45) is 0 Å². The quantitative estimate of drug-likeness (QED) is 0.188. The lowest BCUT2D eigenvalue weighted by atomic mass is 10.1. The topological polar surface area (TPSA) is 128 Å². The summed E-state index contributed by atoms with van der Waals surface area (Å²) in [6.45, 7) is 1.43. The monoisotopic (exact) mass is 518 g/mol. The maximum absolute atomic E-state index is 12.7. The number of aromatic amines is 1. The summed E-state index contributed by atoms with van der Waals surface area (Å²) in [6, 6.07) is 26.8. The first-order valence-corrected chi connectivity index (χ1v) is 12.3. The van der Waals surface area contributed by atoms with E-state index in [1.807, 2.05) is 49.5 Å². The van der Waals surface area contributed by atoms with Crippen molar-refractivity contribution in [3.8, 4) is 11.4 Å². The van der Waals surface area contributed by atoms with Crippen LogP contribution in [0.3, 0.4) is 0 Å². The molecule has 5 aromatic rings. The molecule has 3 amide bonds. The number of hydrogen-bond acceptors (Lipinski definition) is 5. The van der Waals surface area contributed by atoms with Crippen molar-refractivity contribution in [2.45, 2.75) is 6.92 Å². The van der Waals surface area contributed by atoms with Crippen LogP contribution in [0, 0.1) is 0 Å². The van der Waals surface area contributed by atoms with Crippen LogP contribution in [0.4, 0.5) is 22.7 Å². The van der Waals surface area contributed by atoms with E-state index in [1.165, 1.54) is 6.92 Å². The fraction of sp³-hybridized carbons (Fsp3) is 0.0667. The minimum Gasteiger partial charge on any atom is -0.388 e. The van der Waals surface area contributed by atoms with E-state index in [0.717, 1.165) is 16.8 Å². The van der Waals surface area contributed by atoms with E-state index < -0.39 is 0 Å². The highest BCUT2D eigenvalue weighted by atomic mass is 16.2. The molecule has 0 aliphatic carbocycles. The maximum Gasteiger partial charge on any atom is 0.255 e. The van der Waals surface area contributed by atoms with Crippen LogP contribution in [0.1, 0.15) is 27.6 Å². The van der Waals surface area contributed by atoms with Crippen molar-refractivity contribution >= 4 is 51.5 Å². The summed E-state index contributed by atoms with van der Waals surface area (Å²) < 4.78 is 0. The first-order chi connectivity index (χ1) is 18.9. The summed E-state index contributed by atoms with van der Waals surface area (Å²) in [5, 5.41) is 11.5. The number of benzene rings is 4. The Kier molecular flexibility index (Phi) is 7.05. The Bertz CT molecular complexity index is 1660. The molecule has 39 heavy (non-hydrogen) atoms. The van der Waals surface area contributed by atoms with Gasteiger partial charge < -0.3 is 26.3 Å². The van der Waals surface area contributed by atoms with Crippen LogP contribution in [-0.4, -0.2) is 34.7 Å². The number of anilines is 4. The lowest BCUT2D eigenvalue weighted by Crippen LogP contribution is -2.12. The molecule has 1 heterocycles. The van der Waals surface area contributed by atoms with Crippen LogP contribution in [0.5, 0.6) is 0 Å². The van der Waals surface area contributed by atoms with Gasteiger partial charge in [0.15, 0.2) is 0 Å². The van der Waals surface area contributed by atoms with Gasteiger partial charge in [0.2, 0.25) is 5.91 Å². The number of nitrogens with one attached hydrogen (secondary N) is 5. The summed E-state index contributed by atoms with van der Waals surface area (Å²) in [5.74, 6) is 0.0400. The Labute approximate surface area is 224 Å². The molecule has 0 unspecified atom stereocenters. The van der Waals surface area contributed by atoms with E-state index >= 15 is 0 Å². The summed E-state index contributed by atoms with van der Waals surface area (Å²) in [5.41, 5.74) is 6.26. The molecule has 0 bridgehead atoms. The van der Waals surface area contributed by atoms with Crippen LogP contribution in [0.2, 0.25) is 0 Å². The van der Waals surface area contributed by atoms with E-state index in [4.69, 9.17) is 0 Å².